The molecule has 1 heterocycles. The van der Waals surface area contributed by atoms with Crippen molar-refractivity contribution in [2.75, 3.05) is 11.9 Å². The fourth-order valence-electron chi connectivity index (χ4n) is 3.21. The van der Waals surface area contributed by atoms with Gasteiger partial charge < -0.3 is 10.6 Å². The van der Waals surface area contributed by atoms with Gasteiger partial charge in [-0.3, -0.25) is 4.79 Å². The summed E-state index contributed by atoms with van der Waals surface area (Å²) in [5, 5.41) is 7.21. The van der Waals surface area contributed by atoms with Gasteiger partial charge in [0.25, 0.3) is 0 Å². The molecule has 2 fully saturated rings. The molecule has 1 amide bonds. The number of carbonyl (C=O) groups excluding carboxylic acids is 1. The molecule has 0 radical (unpaired) electrons. The molecule has 1 aliphatic carbocycles. The molecule has 4 heteroatoms. The maximum Gasteiger partial charge on any atom is 0.225 e. The molecular weight excluding hydrogens is 280 g/mol. The van der Waals surface area contributed by atoms with E-state index in [1.54, 1.807) is 0 Å². The monoisotopic (exact) mass is 304 g/mol. The molecule has 21 heavy (non-hydrogen) atoms. The van der Waals surface area contributed by atoms with Crippen molar-refractivity contribution in [3.8, 4) is 0 Å². The molecule has 0 spiro atoms. The van der Waals surface area contributed by atoms with Crippen LogP contribution < -0.4 is 10.6 Å². The van der Waals surface area contributed by atoms with E-state index in [9.17, 15) is 4.79 Å². The summed E-state index contributed by atoms with van der Waals surface area (Å²) in [6, 6.07) is 8.58. The van der Waals surface area contributed by atoms with Gasteiger partial charge in [0.15, 0.2) is 0 Å². The first-order valence-corrected chi connectivity index (χ1v) is 8.98. The van der Waals surface area contributed by atoms with E-state index in [4.69, 9.17) is 0 Å². The molecule has 1 unspecified atom stereocenters. The van der Waals surface area contributed by atoms with Crippen LogP contribution in [0.15, 0.2) is 29.2 Å². The zero-order valence-electron chi connectivity index (χ0n) is 12.4. The summed E-state index contributed by atoms with van der Waals surface area (Å²) in [5.74, 6) is 0.133. The number of benzene rings is 1. The van der Waals surface area contributed by atoms with Gasteiger partial charge in [-0.25, -0.2) is 0 Å². The van der Waals surface area contributed by atoms with Gasteiger partial charge in [-0.15, -0.1) is 11.8 Å². The summed E-state index contributed by atoms with van der Waals surface area (Å²) in [6.07, 6.45) is 8.19. The van der Waals surface area contributed by atoms with E-state index in [1.807, 2.05) is 23.9 Å². The number of hydrogen-bond donors (Lipinski definition) is 2. The van der Waals surface area contributed by atoms with Crippen molar-refractivity contribution >= 4 is 23.4 Å². The van der Waals surface area contributed by atoms with E-state index < -0.39 is 0 Å². The van der Waals surface area contributed by atoms with Gasteiger partial charge in [0.05, 0.1) is 5.69 Å². The number of carbonyl (C=O) groups is 1. The number of anilines is 1. The first-order chi connectivity index (χ1) is 10.3. The first kappa shape index (κ1) is 14.9. The van der Waals surface area contributed by atoms with E-state index in [1.165, 1.54) is 37.0 Å². The van der Waals surface area contributed by atoms with Gasteiger partial charge in [0.2, 0.25) is 5.91 Å². The van der Waals surface area contributed by atoms with Crippen molar-refractivity contribution in [3.63, 3.8) is 0 Å². The van der Waals surface area contributed by atoms with E-state index in [0.29, 0.717) is 12.5 Å². The van der Waals surface area contributed by atoms with Crippen molar-refractivity contribution in [2.45, 2.75) is 61.1 Å². The van der Waals surface area contributed by atoms with Gasteiger partial charge in [-0.1, -0.05) is 25.0 Å². The van der Waals surface area contributed by atoms with Crippen LogP contribution in [0.25, 0.3) is 0 Å². The standard InChI is InChI=1S/C17H24N2OS/c20-17(12-13-6-5-11-18-13)19-15-9-3-4-10-16(15)21-14-7-1-2-8-14/h3-4,9-10,13-14,18H,1-2,5-8,11-12H2,(H,19,20). The Hall–Kier alpha value is -1.00. The lowest BCUT2D eigenvalue weighted by Crippen LogP contribution is -2.27. The smallest absolute Gasteiger partial charge is 0.225 e. The number of para-hydroxylation sites is 1. The van der Waals surface area contributed by atoms with Crippen LogP contribution in [-0.4, -0.2) is 23.7 Å². The van der Waals surface area contributed by atoms with Crippen LogP contribution in [0.4, 0.5) is 5.69 Å². The minimum absolute atomic E-state index is 0.133. The van der Waals surface area contributed by atoms with Crippen LogP contribution in [0.2, 0.25) is 0 Å². The molecule has 0 aromatic heterocycles. The Morgan fingerprint density at radius 1 is 1.19 bits per heavy atom. The highest BCUT2D eigenvalue weighted by molar-refractivity contribution is 8.00. The molecule has 1 saturated heterocycles. The van der Waals surface area contributed by atoms with Crippen LogP contribution in [-0.2, 0) is 4.79 Å². The molecule has 2 N–H and O–H groups in total. The molecule has 0 bridgehead atoms. The molecule has 1 aliphatic heterocycles. The lowest BCUT2D eigenvalue weighted by atomic mass is 10.1. The minimum atomic E-state index is 0.133. The maximum atomic E-state index is 12.2. The highest BCUT2D eigenvalue weighted by Gasteiger charge is 2.20. The van der Waals surface area contributed by atoms with E-state index in [-0.39, 0.29) is 5.91 Å². The summed E-state index contributed by atoms with van der Waals surface area (Å²) in [5.41, 5.74) is 0.984. The van der Waals surface area contributed by atoms with Gasteiger partial charge in [-0.05, 0) is 44.4 Å². The van der Waals surface area contributed by atoms with Crippen molar-refractivity contribution in [1.29, 1.82) is 0 Å². The van der Waals surface area contributed by atoms with Crippen LogP contribution >= 0.6 is 11.8 Å². The van der Waals surface area contributed by atoms with Crippen molar-refractivity contribution < 1.29 is 4.79 Å². The largest absolute Gasteiger partial charge is 0.325 e. The fourth-order valence-corrected chi connectivity index (χ4v) is 4.55. The van der Waals surface area contributed by atoms with Gasteiger partial charge in [0, 0.05) is 22.6 Å². The second kappa shape index (κ2) is 7.32. The first-order valence-electron chi connectivity index (χ1n) is 8.10. The zero-order valence-corrected chi connectivity index (χ0v) is 13.3. The Balaban J connectivity index is 1.59. The van der Waals surface area contributed by atoms with Crippen LogP contribution in [0.1, 0.15) is 44.9 Å². The Morgan fingerprint density at radius 2 is 2.00 bits per heavy atom. The minimum Gasteiger partial charge on any atom is -0.325 e. The zero-order chi connectivity index (χ0) is 14.5. The molecule has 1 atom stereocenters. The Morgan fingerprint density at radius 3 is 2.76 bits per heavy atom. The average Bonchev–Trinajstić information content (AvgIpc) is 3.14. The van der Waals surface area contributed by atoms with Crippen LogP contribution in [0.3, 0.4) is 0 Å². The molecule has 3 rings (SSSR count). The van der Waals surface area contributed by atoms with E-state index in [2.05, 4.69) is 22.8 Å². The van der Waals surface area contributed by atoms with Gasteiger partial charge in [-0.2, -0.15) is 0 Å². The summed E-state index contributed by atoms with van der Waals surface area (Å²) in [7, 11) is 0. The van der Waals surface area contributed by atoms with Gasteiger partial charge >= 0.3 is 0 Å². The number of rotatable bonds is 5. The fraction of sp³-hybridized carbons (Fsp3) is 0.588. The summed E-state index contributed by atoms with van der Waals surface area (Å²) in [6.45, 7) is 1.05. The Labute approximate surface area is 131 Å². The molecule has 2 aliphatic rings. The number of nitrogens with one attached hydrogen (secondary N) is 2. The lowest BCUT2D eigenvalue weighted by Gasteiger charge is -2.15. The number of hydrogen-bond acceptors (Lipinski definition) is 3. The molecule has 1 aromatic carbocycles. The number of amides is 1. The predicted molar refractivity (Wildman–Crippen MR) is 88.8 cm³/mol. The van der Waals surface area contributed by atoms with Crippen LogP contribution in [0, 0.1) is 0 Å². The normalized spacial score (nSPS) is 22.6. The summed E-state index contributed by atoms with van der Waals surface area (Å²) in [4.78, 5) is 13.4. The summed E-state index contributed by atoms with van der Waals surface area (Å²) < 4.78 is 0. The maximum absolute atomic E-state index is 12.2. The SMILES string of the molecule is O=C(CC1CCCN1)Nc1ccccc1SC1CCCC1. The third-order valence-corrected chi connectivity index (χ3v) is 5.77. The second-order valence-electron chi connectivity index (χ2n) is 6.07. The molecule has 114 valence electrons. The average molecular weight is 304 g/mol. The molecule has 3 nitrogen and oxygen atoms in total. The molecule has 1 aromatic rings. The van der Waals surface area contributed by atoms with Crippen molar-refractivity contribution in [3.05, 3.63) is 24.3 Å². The van der Waals surface area contributed by atoms with Crippen molar-refractivity contribution in [2.24, 2.45) is 0 Å². The number of thioether (sulfide) groups is 1. The van der Waals surface area contributed by atoms with E-state index in [0.717, 1.165) is 23.9 Å². The summed E-state index contributed by atoms with van der Waals surface area (Å²) >= 11 is 1.93. The molecular formula is C17H24N2OS. The third kappa shape index (κ3) is 4.24. The molecule has 1 saturated carbocycles. The van der Waals surface area contributed by atoms with E-state index >= 15 is 0 Å². The highest BCUT2D eigenvalue weighted by Crippen LogP contribution is 2.38. The second-order valence-corrected chi connectivity index (χ2v) is 7.41. The van der Waals surface area contributed by atoms with Crippen LogP contribution in [0.5, 0.6) is 0 Å². The predicted octanol–water partition coefficient (Wildman–Crippen LogP) is 3.80. The Kier molecular flexibility index (Phi) is 5.20. The Bertz CT molecular complexity index is 479. The topological polar surface area (TPSA) is 41.1 Å². The highest BCUT2D eigenvalue weighted by atomic mass is 32.2. The van der Waals surface area contributed by atoms with Gasteiger partial charge in [0.1, 0.15) is 0 Å². The lowest BCUT2D eigenvalue weighted by molar-refractivity contribution is -0.116. The van der Waals surface area contributed by atoms with Crippen molar-refractivity contribution in [1.82, 2.24) is 5.32 Å². The third-order valence-electron chi connectivity index (χ3n) is 4.35. The quantitative estimate of drug-likeness (QED) is 0.869.